The van der Waals surface area contributed by atoms with Crippen LogP contribution in [0.25, 0.3) is 11.1 Å². The number of aryl methyl sites for hydroxylation is 1. The molecule has 0 radical (unpaired) electrons. The van der Waals surface area contributed by atoms with E-state index in [1.165, 1.54) is 0 Å². The van der Waals surface area contributed by atoms with Gasteiger partial charge in [0.1, 0.15) is 5.52 Å². The van der Waals surface area contributed by atoms with E-state index in [0.29, 0.717) is 17.9 Å². The fraction of sp³-hybridized carbons (Fsp3) is 0.235. The summed E-state index contributed by atoms with van der Waals surface area (Å²) in [6.07, 6.45) is 0.418. The topological polar surface area (TPSA) is 72.2 Å². The maximum absolute atomic E-state index is 12.1. The van der Waals surface area contributed by atoms with Gasteiger partial charge in [0, 0.05) is 13.0 Å². The molecular formula is C17H18N2O3S. The fourth-order valence-electron chi connectivity index (χ4n) is 2.41. The molecule has 1 heterocycles. The Bertz CT molecular complexity index is 883. The van der Waals surface area contributed by atoms with Crippen LogP contribution < -0.4 is 4.72 Å². The third-order valence-electron chi connectivity index (χ3n) is 3.44. The molecule has 0 atom stereocenters. The number of para-hydroxylation sites is 2. The van der Waals surface area contributed by atoms with E-state index in [0.717, 1.165) is 16.6 Å². The summed E-state index contributed by atoms with van der Waals surface area (Å²) in [5.41, 5.74) is 3.32. The van der Waals surface area contributed by atoms with Gasteiger partial charge >= 0.3 is 0 Å². The van der Waals surface area contributed by atoms with Crippen LogP contribution in [0.1, 0.15) is 17.0 Å². The molecule has 0 saturated carbocycles. The third kappa shape index (κ3) is 4.18. The SMILES string of the molecule is Cc1cccc(CS(=O)(=O)NCCc2nc3ccccc3o2)c1. The van der Waals surface area contributed by atoms with E-state index in [9.17, 15) is 8.42 Å². The summed E-state index contributed by atoms with van der Waals surface area (Å²) in [4.78, 5) is 4.33. The average Bonchev–Trinajstić information content (AvgIpc) is 2.89. The van der Waals surface area contributed by atoms with E-state index >= 15 is 0 Å². The van der Waals surface area contributed by atoms with Gasteiger partial charge in [-0.15, -0.1) is 0 Å². The summed E-state index contributed by atoms with van der Waals surface area (Å²) < 4.78 is 32.4. The van der Waals surface area contributed by atoms with Crippen LogP contribution in [-0.4, -0.2) is 19.9 Å². The van der Waals surface area contributed by atoms with Crippen molar-refractivity contribution in [2.24, 2.45) is 0 Å². The first-order valence-electron chi connectivity index (χ1n) is 7.39. The molecule has 0 bridgehead atoms. The van der Waals surface area contributed by atoms with E-state index in [2.05, 4.69) is 9.71 Å². The Kier molecular flexibility index (Phi) is 4.45. The van der Waals surface area contributed by atoms with E-state index in [1.54, 1.807) is 0 Å². The lowest BCUT2D eigenvalue weighted by Gasteiger charge is -2.06. The second-order valence-electron chi connectivity index (χ2n) is 5.47. The Balaban J connectivity index is 1.58. The molecule has 0 aliphatic rings. The molecule has 6 heteroatoms. The van der Waals surface area contributed by atoms with Gasteiger partial charge < -0.3 is 4.42 Å². The molecule has 0 aliphatic heterocycles. The van der Waals surface area contributed by atoms with Crippen LogP contribution in [0.3, 0.4) is 0 Å². The van der Waals surface area contributed by atoms with Crippen LogP contribution in [0.15, 0.2) is 52.9 Å². The first-order chi connectivity index (χ1) is 11.0. The maximum Gasteiger partial charge on any atom is 0.215 e. The van der Waals surface area contributed by atoms with Crippen molar-refractivity contribution in [3.8, 4) is 0 Å². The number of fused-ring (bicyclic) bond motifs is 1. The molecular weight excluding hydrogens is 312 g/mol. The van der Waals surface area contributed by atoms with Crippen LogP contribution in [-0.2, 0) is 22.2 Å². The number of sulfonamides is 1. The highest BCUT2D eigenvalue weighted by atomic mass is 32.2. The van der Waals surface area contributed by atoms with Crippen molar-refractivity contribution in [2.45, 2.75) is 19.1 Å². The van der Waals surface area contributed by atoms with Gasteiger partial charge in [-0.05, 0) is 24.6 Å². The molecule has 0 amide bonds. The van der Waals surface area contributed by atoms with Crippen LogP contribution >= 0.6 is 0 Å². The summed E-state index contributed by atoms with van der Waals surface area (Å²) in [7, 11) is -3.37. The van der Waals surface area contributed by atoms with Crippen molar-refractivity contribution in [2.75, 3.05) is 6.54 Å². The Hall–Kier alpha value is -2.18. The first kappa shape index (κ1) is 15.7. The van der Waals surface area contributed by atoms with Gasteiger partial charge in [0.05, 0.1) is 5.75 Å². The standard InChI is InChI=1S/C17H18N2O3S/c1-13-5-4-6-14(11-13)12-23(20,21)18-10-9-17-19-15-7-2-3-8-16(15)22-17/h2-8,11,18H,9-10,12H2,1H3. The monoisotopic (exact) mass is 330 g/mol. The number of hydrogen-bond donors (Lipinski definition) is 1. The van der Waals surface area contributed by atoms with Gasteiger partial charge in [0.25, 0.3) is 0 Å². The number of hydrogen-bond acceptors (Lipinski definition) is 4. The van der Waals surface area contributed by atoms with Gasteiger partial charge in [0.15, 0.2) is 11.5 Å². The van der Waals surface area contributed by atoms with Gasteiger partial charge in [-0.3, -0.25) is 0 Å². The summed E-state index contributed by atoms with van der Waals surface area (Å²) in [5.74, 6) is 0.506. The minimum Gasteiger partial charge on any atom is -0.441 e. The molecule has 3 aromatic rings. The normalized spacial score (nSPS) is 11.9. The minimum absolute atomic E-state index is 0.0256. The van der Waals surface area contributed by atoms with Gasteiger partial charge in [-0.1, -0.05) is 42.0 Å². The van der Waals surface area contributed by atoms with Crippen LogP contribution in [0.4, 0.5) is 0 Å². The lowest BCUT2D eigenvalue weighted by molar-refractivity contribution is 0.523. The Labute approximate surface area is 135 Å². The fourth-order valence-corrected chi connectivity index (χ4v) is 3.55. The molecule has 120 valence electrons. The Morgan fingerprint density at radius 2 is 1.96 bits per heavy atom. The second kappa shape index (κ2) is 6.52. The zero-order valence-electron chi connectivity index (χ0n) is 12.8. The molecule has 1 N–H and O–H groups in total. The zero-order valence-corrected chi connectivity index (χ0v) is 13.6. The lowest BCUT2D eigenvalue weighted by Crippen LogP contribution is -2.27. The highest BCUT2D eigenvalue weighted by Gasteiger charge is 2.12. The van der Waals surface area contributed by atoms with Crippen molar-refractivity contribution in [3.63, 3.8) is 0 Å². The summed E-state index contributed by atoms with van der Waals surface area (Å²) in [6.45, 7) is 2.21. The molecule has 0 spiro atoms. The summed E-state index contributed by atoms with van der Waals surface area (Å²) >= 11 is 0. The van der Waals surface area contributed by atoms with Crippen molar-refractivity contribution >= 4 is 21.1 Å². The van der Waals surface area contributed by atoms with E-state index < -0.39 is 10.0 Å². The third-order valence-corrected chi connectivity index (χ3v) is 4.80. The van der Waals surface area contributed by atoms with Crippen molar-refractivity contribution in [1.82, 2.24) is 9.71 Å². The van der Waals surface area contributed by atoms with Crippen LogP contribution in [0, 0.1) is 6.92 Å². The Morgan fingerprint density at radius 3 is 2.74 bits per heavy atom. The molecule has 2 aromatic carbocycles. The van der Waals surface area contributed by atoms with Gasteiger partial charge in [-0.2, -0.15) is 0 Å². The molecule has 0 unspecified atom stereocenters. The van der Waals surface area contributed by atoms with Crippen LogP contribution in [0.5, 0.6) is 0 Å². The zero-order chi connectivity index (χ0) is 16.3. The molecule has 5 nitrogen and oxygen atoms in total. The predicted octanol–water partition coefficient (Wildman–Crippen LogP) is 2.80. The number of nitrogens with zero attached hydrogens (tertiary/aromatic N) is 1. The highest BCUT2D eigenvalue weighted by molar-refractivity contribution is 7.88. The predicted molar refractivity (Wildman–Crippen MR) is 89.5 cm³/mol. The molecule has 1 aromatic heterocycles. The molecule has 0 aliphatic carbocycles. The first-order valence-corrected chi connectivity index (χ1v) is 9.04. The van der Waals surface area contributed by atoms with Gasteiger partial charge in [-0.25, -0.2) is 18.1 Å². The van der Waals surface area contributed by atoms with Crippen molar-refractivity contribution < 1.29 is 12.8 Å². The number of aromatic nitrogens is 1. The van der Waals surface area contributed by atoms with E-state index in [1.807, 2.05) is 55.5 Å². The maximum atomic E-state index is 12.1. The lowest BCUT2D eigenvalue weighted by atomic mass is 10.2. The Morgan fingerprint density at radius 1 is 1.13 bits per heavy atom. The minimum atomic E-state index is -3.37. The highest BCUT2D eigenvalue weighted by Crippen LogP contribution is 2.14. The quantitative estimate of drug-likeness (QED) is 0.754. The van der Waals surface area contributed by atoms with Crippen molar-refractivity contribution in [3.05, 3.63) is 65.5 Å². The summed E-state index contributed by atoms with van der Waals surface area (Å²) in [6, 6.07) is 15.0. The average molecular weight is 330 g/mol. The molecule has 23 heavy (non-hydrogen) atoms. The smallest absolute Gasteiger partial charge is 0.215 e. The number of rotatable bonds is 6. The second-order valence-corrected chi connectivity index (χ2v) is 7.27. The van der Waals surface area contributed by atoms with E-state index in [-0.39, 0.29) is 12.3 Å². The van der Waals surface area contributed by atoms with E-state index in [4.69, 9.17) is 4.42 Å². The number of oxazole rings is 1. The molecule has 3 rings (SSSR count). The van der Waals surface area contributed by atoms with Crippen molar-refractivity contribution in [1.29, 1.82) is 0 Å². The molecule has 0 saturated heterocycles. The molecule has 0 fully saturated rings. The largest absolute Gasteiger partial charge is 0.441 e. The summed E-state index contributed by atoms with van der Waals surface area (Å²) in [5, 5.41) is 0. The number of nitrogens with one attached hydrogen (secondary N) is 1. The number of benzene rings is 2. The van der Waals surface area contributed by atoms with Gasteiger partial charge in [0.2, 0.25) is 10.0 Å². The van der Waals surface area contributed by atoms with Crippen LogP contribution in [0.2, 0.25) is 0 Å².